The summed E-state index contributed by atoms with van der Waals surface area (Å²) >= 11 is 0. The van der Waals surface area contributed by atoms with E-state index in [1.54, 1.807) is 0 Å². The Hall–Kier alpha value is -2.70. The van der Waals surface area contributed by atoms with Gasteiger partial charge in [-0.25, -0.2) is 0 Å². The van der Waals surface area contributed by atoms with Crippen LogP contribution in [0.5, 0.6) is 0 Å². The summed E-state index contributed by atoms with van der Waals surface area (Å²) in [5.41, 5.74) is 14.9. The zero-order valence-electron chi connectivity index (χ0n) is 20.4. The van der Waals surface area contributed by atoms with Crippen molar-refractivity contribution in [1.29, 1.82) is 10.8 Å². The van der Waals surface area contributed by atoms with E-state index in [4.69, 9.17) is 22.3 Å². The van der Waals surface area contributed by atoms with Crippen LogP contribution in [0.15, 0.2) is 48.5 Å². The van der Waals surface area contributed by atoms with Gasteiger partial charge in [0, 0.05) is 24.2 Å². The lowest BCUT2D eigenvalue weighted by Crippen LogP contribution is -2.16. The number of nitrogens with two attached hydrogens (primary N) is 2. The minimum absolute atomic E-state index is 0.111. The molecule has 0 fully saturated rings. The van der Waals surface area contributed by atoms with Crippen LogP contribution < -0.4 is 22.1 Å². The summed E-state index contributed by atoms with van der Waals surface area (Å²) in [5, 5.41) is 21.7. The Labute approximate surface area is 195 Å². The lowest BCUT2D eigenvalue weighted by atomic mass is 10.1. The summed E-state index contributed by atoms with van der Waals surface area (Å²) in [4.78, 5) is 0. The van der Waals surface area contributed by atoms with Crippen molar-refractivity contribution in [3.05, 3.63) is 70.8 Å². The first-order valence-corrected chi connectivity index (χ1v) is 11.8. The summed E-state index contributed by atoms with van der Waals surface area (Å²) < 4.78 is 0. The van der Waals surface area contributed by atoms with E-state index in [0.29, 0.717) is 0 Å². The van der Waals surface area contributed by atoms with Crippen LogP contribution in [0.3, 0.4) is 0 Å². The Morgan fingerprint density at radius 3 is 1.19 bits per heavy atom. The van der Waals surface area contributed by atoms with Crippen LogP contribution >= 0.6 is 0 Å². The van der Waals surface area contributed by atoms with E-state index in [1.807, 2.05) is 76.2 Å². The monoisotopic (exact) mass is 440 g/mol. The van der Waals surface area contributed by atoms with Crippen LogP contribution in [-0.4, -0.2) is 24.8 Å². The van der Waals surface area contributed by atoms with Gasteiger partial charge < -0.3 is 22.1 Å². The Bertz CT molecular complexity index is 672. The largest absolute Gasteiger partial charge is 0.384 e. The number of unbranched alkanes of at least 4 members (excludes halogenated alkanes) is 3. The Morgan fingerprint density at radius 1 is 0.594 bits per heavy atom. The lowest BCUT2D eigenvalue weighted by molar-refractivity contribution is 0.563. The molecule has 0 aliphatic rings. The van der Waals surface area contributed by atoms with Crippen molar-refractivity contribution in [2.45, 2.75) is 66.5 Å². The predicted octanol–water partition coefficient (Wildman–Crippen LogP) is 4.75. The van der Waals surface area contributed by atoms with Gasteiger partial charge in [-0.1, -0.05) is 89.1 Å². The molecule has 0 bridgehead atoms. The van der Waals surface area contributed by atoms with Gasteiger partial charge in [-0.2, -0.15) is 0 Å². The standard InChI is InChI=1S/C22H32N6.2C2H6/c23-21(24)19-9-5-17(6-10-19)15-27-13-3-1-2-4-14-28-16-18-7-11-20(12-8-18)22(25)26;2*1-2/h5-12,27-28H,1-4,13-16H2,(H3,23,24)(H3,25,26);2*1-2H3. The molecule has 178 valence electrons. The molecule has 0 spiro atoms. The highest BCUT2D eigenvalue weighted by molar-refractivity contribution is 5.95. The fraction of sp³-hybridized carbons (Fsp3) is 0.462. The molecule has 0 aliphatic carbocycles. The third-order valence-electron chi connectivity index (χ3n) is 4.65. The number of rotatable bonds is 13. The van der Waals surface area contributed by atoms with Crippen molar-refractivity contribution in [3.63, 3.8) is 0 Å². The van der Waals surface area contributed by atoms with E-state index in [0.717, 1.165) is 37.3 Å². The number of benzene rings is 2. The van der Waals surface area contributed by atoms with Crippen LogP contribution in [0.4, 0.5) is 0 Å². The number of amidine groups is 2. The Balaban J connectivity index is 0.00000227. The highest BCUT2D eigenvalue weighted by Crippen LogP contribution is 2.05. The number of hydrogen-bond donors (Lipinski definition) is 6. The Morgan fingerprint density at radius 2 is 0.906 bits per heavy atom. The molecule has 0 saturated heterocycles. The van der Waals surface area contributed by atoms with Gasteiger partial charge in [0.25, 0.3) is 0 Å². The molecular weight excluding hydrogens is 396 g/mol. The molecular formula is C26H44N6. The third-order valence-corrected chi connectivity index (χ3v) is 4.65. The first-order valence-electron chi connectivity index (χ1n) is 11.8. The summed E-state index contributed by atoms with van der Waals surface area (Å²) in [6, 6.07) is 15.6. The van der Waals surface area contributed by atoms with Crippen molar-refractivity contribution in [3.8, 4) is 0 Å². The maximum Gasteiger partial charge on any atom is 0.122 e. The van der Waals surface area contributed by atoms with Crippen molar-refractivity contribution < 1.29 is 0 Å². The van der Waals surface area contributed by atoms with E-state index in [-0.39, 0.29) is 11.7 Å². The zero-order valence-corrected chi connectivity index (χ0v) is 20.4. The van der Waals surface area contributed by atoms with Crippen molar-refractivity contribution in [2.75, 3.05) is 13.1 Å². The molecule has 0 heterocycles. The van der Waals surface area contributed by atoms with E-state index in [2.05, 4.69) is 10.6 Å². The summed E-state index contributed by atoms with van der Waals surface area (Å²) in [5.74, 6) is 0.222. The third kappa shape index (κ3) is 12.9. The van der Waals surface area contributed by atoms with Gasteiger partial charge in [-0.05, 0) is 37.1 Å². The molecule has 2 aromatic rings. The smallest absolute Gasteiger partial charge is 0.122 e. The van der Waals surface area contributed by atoms with Gasteiger partial charge in [-0.3, -0.25) is 10.8 Å². The molecule has 6 nitrogen and oxygen atoms in total. The lowest BCUT2D eigenvalue weighted by Gasteiger charge is -2.07. The molecule has 0 aliphatic heterocycles. The quantitative estimate of drug-likeness (QED) is 0.153. The van der Waals surface area contributed by atoms with E-state index in [1.165, 1.54) is 36.8 Å². The van der Waals surface area contributed by atoms with Crippen LogP contribution in [0.25, 0.3) is 0 Å². The molecule has 0 radical (unpaired) electrons. The summed E-state index contributed by atoms with van der Waals surface area (Å²) in [6.45, 7) is 11.7. The van der Waals surface area contributed by atoms with E-state index >= 15 is 0 Å². The van der Waals surface area contributed by atoms with Crippen LogP contribution in [0.1, 0.15) is 75.6 Å². The maximum absolute atomic E-state index is 7.39. The molecule has 2 aromatic carbocycles. The Kier molecular flexibility index (Phi) is 17.4. The predicted molar refractivity (Wildman–Crippen MR) is 139 cm³/mol. The van der Waals surface area contributed by atoms with Crippen LogP contribution in [0.2, 0.25) is 0 Å². The van der Waals surface area contributed by atoms with Crippen LogP contribution in [-0.2, 0) is 13.1 Å². The second-order valence-electron chi connectivity index (χ2n) is 6.99. The fourth-order valence-electron chi connectivity index (χ4n) is 2.92. The van der Waals surface area contributed by atoms with Gasteiger partial charge in [0.05, 0.1) is 0 Å². The molecule has 2 rings (SSSR count). The first kappa shape index (κ1) is 29.3. The van der Waals surface area contributed by atoms with Gasteiger partial charge in [0.2, 0.25) is 0 Å². The van der Waals surface area contributed by atoms with Crippen LogP contribution in [0, 0.1) is 10.8 Å². The second-order valence-corrected chi connectivity index (χ2v) is 6.99. The fourth-order valence-corrected chi connectivity index (χ4v) is 2.92. The first-order chi connectivity index (χ1) is 15.6. The van der Waals surface area contributed by atoms with E-state index in [9.17, 15) is 0 Å². The van der Waals surface area contributed by atoms with Gasteiger partial charge in [0.1, 0.15) is 11.7 Å². The topological polar surface area (TPSA) is 124 Å². The number of nitrogens with one attached hydrogen (secondary N) is 4. The normalized spacial score (nSPS) is 9.75. The average Bonchev–Trinajstić information content (AvgIpc) is 2.83. The minimum atomic E-state index is 0.111. The highest BCUT2D eigenvalue weighted by Gasteiger charge is 1.98. The molecule has 0 atom stereocenters. The molecule has 32 heavy (non-hydrogen) atoms. The second kappa shape index (κ2) is 19.0. The highest BCUT2D eigenvalue weighted by atomic mass is 14.8. The van der Waals surface area contributed by atoms with Crippen molar-refractivity contribution >= 4 is 11.7 Å². The van der Waals surface area contributed by atoms with Gasteiger partial charge >= 0.3 is 0 Å². The maximum atomic E-state index is 7.39. The van der Waals surface area contributed by atoms with Crippen molar-refractivity contribution in [1.82, 2.24) is 10.6 Å². The summed E-state index contributed by atoms with van der Waals surface area (Å²) in [6.07, 6.45) is 4.81. The average molecular weight is 441 g/mol. The summed E-state index contributed by atoms with van der Waals surface area (Å²) in [7, 11) is 0. The molecule has 8 N–H and O–H groups in total. The van der Waals surface area contributed by atoms with Gasteiger partial charge in [0.15, 0.2) is 0 Å². The molecule has 0 unspecified atom stereocenters. The number of hydrogen-bond acceptors (Lipinski definition) is 4. The minimum Gasteiger partial charge on any atom is -0.384 e. The van der Waals surface area contributed by atoms with E-state index < -0.39 is 0 Å². The zero-order chi connectivity index (χ0) is 24.2. The molecule has 0 aromatic heterocycles. The number of nitrogen functional groups attached to an aromatic ring is 2. The van der Waals surface area contributed by atoms with Gasteiger partial charge in [-0.15, -0.1) is 0 Å². The molecule has 0 amide bonds. The molecule has 6 heteroatoms. The molecule has 0 saturated carbocycles. The SMILES string of the molecule is CC.CC.N=C(N)c1ccc(CNCCCCCCNCc2ccc(C(=N)N)cc2)cc1. The van der Waals surface area contributed by atoms with Crippen molar-refractivity contribution in [2.24, 2.45) is 11.5 Å².